The van der Waals surface area contributed by atoms with Gasteiger partial charge in [-0.1, -0.05) is 50.1 Å². The Morgan fingerprint density at radius 1 is 1.35 bits per heavy atom. The van der Waals surface area contributed by atoms with Gasteiger partial charge in [-0.15, -0.1) is 11.3 Å². The summed E-state index contributed by atoms with van der Waals surface area (Å²) in [5.74, 6) is 0.718. The van der Waals surface area contributed by atoms with Gasteiger partial charge in [0.25, 0.3) is 0 Å². The van der Waals surface area contributed by atoms with Gasteiger partial charge >= 0.3 is 0 Å². The summed E-state index contributed by atoms with van der Waals surface area (Å²) >= 11 is 1.74. The van der Waals surface area contributed by atoms with Crippen LogP contribution in [0.1, 0.15) is 48.9 Å². The Kier molecular flexibility index (Phi) is 3.90. The van der Waals surface area contributed by atoms with Crippen molar-refractivity contribution in [3.05, 3.63) is 52.0 Å². The van der Waals surface area contributed by atoms with E-state index in [0.717, 1.165) is 35.9 Å². The maximum atomic E-state index is 6.63. The molecule has 0 bridgehead atoms. The summed E-state index contributed by atoms with van der Waals surface area (Å²) < 4.78 is 0. The molecular weight excluding hydrogens is 264 g/mol. The molecule has 2 unspecified atom stereocenters. The van der Waals surface area contributed by atoms with Gasteiger partial charge in [0.2, 0.25) is 0 Å². The van der Waals surface area contributed by atoms with E-state index < -0.39 is 0 Å². The lowest BCUT2D eigenvalue weighted by molar-refractivity contribution is 0.238. The Labute approximate surface area is 125 Å². The van der Waals surface area contributed by atoms with Crippen molar-refractivity contribution in [2.75, 3.05) is 0 Å². The van der Waals surface area contributed by atoms with Crippen LogP contribution in [0.5, 0.6) is 0 Å². The maximum Gasteiger partial charge on any atom is 0.113 e. The van der Waals surface area contributed by atoms with E-state index in [2.05, 4.69) is 36.6 Å². The molecule has 1 fully saturated rings. The molecule has 1 aliphatic rings. The smallest absolute Gasteiger partial charge is 0.113 e. The maximum absolute atomic E-state index is 6.63. The fourth-order valence-corrected chi connectivity index (χ4v) is 4.18. The summed E-state index contributed by atoms with van der Waals surface area (Å²) in [6.07, 6.45) is 5.59. The standard InChI is InChI=1S/C17H22N2S/c1-13-6-5-9-17(18,11-13)16-19-15(12-20-16)10-14-7-3-2-4-8-14/h2-4,7-8,12-13H,5-6,9-11,18H2,1H3. The summed E-state index contributed by atoms with van der Waals surface area (Å²) in [7, 11) is 0. The molecule has 0 radical (unpaired) electrons. The zero-order valence-corrected chi connectivity index (χ0v) is 12.8. The molecule has 0 spiro atoms. The van der Waals surface area contributed by atoms with Gasteiger partial charge in [0.05, 0.1) is 11.2 Å². The van der Waals surface area contributed by atoms with Crippen molar-refractivity contribution in [3.8, 4) is 0 Å². The molecule has 1 heterocycles. The molecule has 2 aromatic rings. The topological polar surface area (TPSA) is 38.9 Å². The van der Waals surface area contributed by atoms with Crippen molar-refractivity contribution < 1.29 is 0 Å². The molecule has 2 atom stereocenters. The number of hydrogen-bond donors (Lipinski definition) is 1. The highest BCUT2D eigenvalue weighted by Gasteiger charge is 2.35. The number of hydrogen-bond acceptors (Lipinski definition) is 3. The van der Waals surface area contributed by atoms with Crippen LogP contribution in [0.2, 0.25) is 0 Å². The molecule has 1 aliphatic carbocycles. The van der Waals surface area contributed by atoms with Crippen molar-refractivity contribution in [1.82, 2.24) is 4.98 Å². The largest absolute Gasteiger partial charge is 0.319 e. The van der Waals surface area contributed by atoms with Crippen LogP contribution in [-0.4, -0.2) is 4.98 Å². The van der Waals surface area contributed by atoms with Crippen LogP contribution in [0.25, 0.3) is 0 Å². The fourth-order valence-electron chi connectivity index (χ4n) is 3.21. The van der Waals surface area contributed by atoms with Crippen molar-refractivity contribution in [1.29, 1.82) is 0 Å². The van der Waals surface area contributed by atoms with Crippen LogP contribution in [-0.2, 0) is 12.0 Å². The number of thiazole rings is 1. The van der Waals surface area contributed by atoms with E-state index in [-0.39, 0.29) is 5.54 Å². The molecule has 1 aromatic heterocycles. The van der Waals surface area contributed by atoms with Gasteiger partial charge in [-0.3, -0.25) is 0 Å². The zero-order valence-electron chi connectivity index (χ0n) is 12.0. The number of benzene rings is 1. The van der Waals surface area contributed by atoms with Crippen LogP contribution in [0.15, 0.2) is 35.7 Å². The summed E-state index contributed by atoms with van der Waals surface area (Å²) in [6, 6.07) is 10.5. The van der Waals surface area contributed by atoms with Crippen molar-refractivity contribution in [2.45, 2.75) is 44.6 Å². The average Bonchev–Trinajstić information content (AvgIpc) is 2.89. The summed E-state index contributed by atoms with van der Waals surface area (Å²) in [5, 5.41) is 3.31. The average molecular weight is 286 g/mol. The second kappa shape index (κ2) is 5.66. The molecular formula is C17H22N2S. The Bertz CT molecular complexity index is 563. The minimum atomic E-state index is -0.183. The number of rotatable bonds is 3. The molecule has 2 nitrogen and oxygen atoms in total. The molecule has 1 saturated carbocycles. The summed E-state index contributed by atoms with van der Waals surface area (Å²) in [4.78, 5) is 4.83. The molecule has 2 N–H and O–H groups in total. The third-order valence-corrected chi connectivity index (χ3v) is 5.35. The SMILES string of the molecule is CC1CCCC(N)(c2nc(Cc3ccccc3)cs2)C1. The Morgan fingerprint density at radius 2 is 2.15 bits per heavy atom. The fraction of sp³-hybridized carbons (Fsp3) is 0.471. The highest BCUT2D eigenvalue weighted by atomic mass is 32.1. The van der Waals surface area contributed by atoms with E-state index >= 15 is 0 Å². The van der Waals surface area contributed by atoms with Crippen LogP contribution >= 0.6 is 11.3 Å². The highest BCUT2D eigenvalue weighted by Crippen LogP contribution is 2.39. The van der Waals surface area contributed by atoms with Gasteiger partial charge in [0.1, 0.15) is 5.01 Å². The number of nitrogens with two attached hydrogens (primary N) is 1. The van der Waals surface area contributed by atoms with Crippen molar-refractivity contribution in [2.24, 2.45) is 11.7 Å². The predicted molar refractivity (Wildman–Crippen MR) is 84.9 cm³/mol. The van der Waals surface area contributed by atoms with Crippen molar-refractivity contribution >= 4 is 11.3 Å². The minimum absolute atomic E-state index is 0.183. The Morgan fingerprint density at radius 3 is 2.90 bits per heavy atom. The first kappa shape index (κ1) is 13.8. The lowest BCUT2D eigenvalue weighted by Gasteiger charge is -2.35. The van der Waals surface area contributed by atoms with Gasteiger partial charge in [0, 0.05) is 11.8 Å². The first-order valence-electron chi connectivity index (χ1n) is 7.43. The molecule has 3 heteroatoms. The van der Waals surface area contributed by atoms with Gasteiger partial charge in [0.15, 0.2) is 0 Å². The van der Waals surface area contributed by atoms with Crippen molar-refractivity contribution in [3.63, 3.8) is 0 Å². The quantitative estimate of drug-likeness (QED) is 0.922. The molecule has 106 valence electrons. The van der Waals surface area contributed by atoms with E-state index in [1.165, 1.54) is 18.4 Å². The lowest BCUT2D eigenvalue weighted by Crippen LogP contribution is -2.40. The first-order valence-corrected chi connectivity index (χ1v) is 8.31. The molecule has 20 heavy (non-hydrogen) atoms. The van der Waals surface area contributed by atoms with Gasteiger partial charge in [-0.05, 0) is 24.3 Å². The monoisotopic (exact) mass is 286 g/mol. The molecule has 0 aliphatic heterocycles. The normalized spacial score (nSPS) is 26.6. The zero-order chi connectivity index (χ0) is 14.0. The molecule has 3 rings (SSSR count). The van der Waals surface area contributed by atoms with Gasteiger partial charge < -0.3 is 5.73 Å². The van der Waals surface area contributed by atoms with Crippen LogP contribution in [0.4, 0.5) is 0 Å². The molecule has 0 saturated heterocycles. The predicted octanol–water partition coefficient (Wildman–Crippen LogP) is 4.10. The highest BCUT2D eigenvalue weighted by molar-refractivity contribution is 7.09. The summed E-state index contributed by atoms with van der Waals surface area (Å²) in [6.45, 7) is 2.30. The van der Waals surface area contributed by atoms with E-state index in [1.54, 1.807) is 11.3 Å². The third-order valence-electron chi connectivity index (χ3n) is 4.24. The van der Waals surface area contributed by atoms with Crippen LogP contribution < -0.4 is 5.73 Å². The second-order valence-electron chi connectivity index (χ2n) is 6.16. The van der Waals surface area contributed by atoms with Gasteiger partial charge in [-0.25, -0.2) is 4.98 Å². The van der Waals surface area contributed by atoms with E-state index in [4.69, 9.17) is 10.7 Å². The second-order valence-corrected chi connectivity index (χ2v) is 7.02. The molecule has 0 amide bonds. The van der Waals surface area contributed by atoms with E-state index in [9.17, 15) is 0 Å². The first-order chi connectivity index (χ1) is 9.66. The van der Waals surface area contributed by atoms with Crippen LogP contribution in [0.3, 0.4) is 0 Å². The summed E-state index contributed by atoms with van der Waals surface area (Å²) in [5.41, 5.74) is 8.91. The van der Waals surface area contributed by atoms with Gasteiger partial charge in [-0.2, -0.15) is 0 Å². The Hall–Kier alpha value is -1.19. The number of nitrogens with zero attached hydrogens (tertiary/aromatic N) is 1. The molecule has 1 aromatic carbocycles. The minimum Gasteiger partial charge on any atom is -0.319 e. The number of aromatic nitrogens is 1. The van der Waals surface area contributed by atoms with E-state index in [0.29, 0.717) is 0 Å². The third kappa shape index (κ3) is 2.94. The lowest BCUT2D eigenvalue weighted by atomic mass is 9.77. The Balaban J connectivity index is 1.76. The van der Waals surface area contributed by atoms with Crippen LogP contribution in [0, 0.1) is 5.92 Å². The van der Waals surface area contributed by atoms with E-state index in [1.807, 2.05) is 6.07 Å².